The van der Waals surface area contributed by atoms with Crippen molar-refractivity contribution < 1.29 is 5.11 Å². The van der Waals surface area contributed by atoms with Gasteiger partial charge < -0.3 is 16.2 Å². The Labute approximate surface area is 78.6 Å². The number of nitrogens with one attached hydrogen (secondary N) is 1. The second-order valence-corrected chi connectivity index (χ2v) is 3.07. The average Bonchev–Trinajstić information content (AvgIpc) is 2.12. The standard InChI is InChI=1S/C10H16N2O/c1-8-7-9(3-4-10(8)13)12-6-2-5-11/h3-4,7,12-13H,2,5-6,11H2,1H3. The quantitative estimate of drug-likeness (QED) is 0.485. The first-order valence-corrected chi connectivity index (χ1v) is 4.47. The van der Waals surface area contributed by atoms with E-state index >= 15 is 0 Å². The van der Waals surface area contributed by atoms with Crippen LogP contribution < -0.4 is 11.1 Å². The molecule has 0 aliphatic heterocycles. The fourth-order valence-corrected chi connectivity index (χ4v) is 1.10. The predicted octanol–water partition coefficient (Wildman–Crippen LogP) is 1.46. The van der Waals surface area contributed by atoms with Crippen LogP contribution in [0.3, 0.4) is 0 Å². The van der Waals surface area contributed by atoms with Gasteiger partial charge in [-0.05, 0) is 43.7 Å². The van der Waals surface area contributed by atoms with Crippen LogP contribution in [0.25, 0.3) is 0 Å². The number of aromatic hydroxyl groups is 1. The Kier molecular flexibility index (Phi) is 3.58. The highest BCUT2D eigenvalue weighted by Gasteiger charge is 1.96. The molecule has 0 amide bonds. The van der Waals surface area contributed by atoms with Gasteiger partial charge in [-0.1, -0.05) is 0 Å². The van der Waals surface area contributed by atoms with E-state index in [1.165, 1.54) is 0 Å². The van der Waals surface area contributed by atoms with Crippen LogP contribution in [0, 0.1) is 6.92 Å². The topological polar surface area (TPSA) is 58.3 Å². The summed E-state index contributed by atoms with van der Waals surface area (Å²) in [6.45, 7) is 3.45. The van der Waals surface area contributed by atoms with Crippen molar-refractivity contribution in [3.8, 4) is 5.75 Å². The summed E-state index contributed by atoms with van der Waals surface area (Å²) in [4.78, 5) is 0. The number of anilines is 1. The second kappa shape index (κ2) is 4.72. The summed E-state index contributed by atoms with van der Waals surface area (Å²) in [5.41, 5.74) is 7.28. The first-order chi connectivity index (χ1) is 6.24. The zero-order chi connectivity index (χ0) is 9.68. The molecule has 72 valence electrons. The lowest BCUT2D eigenvalue weighted by Crippen LogP contribution is -2.08. The van der Waals surface area contributed by atoms with Crippen LogP contribution in [-0.2, 0) is 0 Å². The largest absolute Gasteiger partial charge is 0.508 e. The number of phenolic OH excluding ortho intramolecular Hbond substituents is 1. The molecular weight excluding hydrogens is 164 g/mol. The number of hydrogen-bond acceptors (Lipinski definition) is 3. The van der Waals surface area contributed by atoms with Crippen molar-refractivity contribution in [1.29, 1.82) is 0 Å². The molecule has 13 heavy (non-hydrogen) atoms. The molecule has 1 aromatic carbocycles. The molecule has 0 heterocycles. The summed E-state index contributed by atoms with van der Waals surface area (Å²) in [7, 11) is 0. The van der Waals surface area contributed by atoms with Gasteiger partial charge in [-0.3, -0.25) is 0 Å². The Balaban J connectivity index is 2.53. The Morgan fingerprint density at radius 1 is 1.46 bits per heavy atom. The Morgan fingerprint density at radius 2 is 2.23 bits per heavy atom. The van der Waals surface area contributed by atoms with E-state index in [1.54, 1.807) is 6.07 Å². The minimum atomic E-state index is 0.337. The third-order valence-electron chi connectivity index (χ3n) is 1.91. The van der Waals surface area contributed by atoms with Crippen LogP contribution in [0.1, 0.15) is 12.0 Å². The van der Waals surface area contributed by atoms with E-state index in [0.717, 1.165) is 24.2 Å². The molecule has 0 unspecified atom stereocenters. The van der Waals surface area contributed by atoms with Crippen LogP contribution in [0.15, 0.2) is 18.2 Å². The minimum Gasteiger partial charge on any atom is -0.508 e. The average molecular weight is 180 g/mol. The van der Waals surface area contributed by atoms with Gasteiger partial charge in [0.1, 0.15) is 5.75 Å². The lowest BCUT2D eigenvalue weighted by atomic mass is 10.2. The summed E-state index contributed by atoms with van der Waals surface area (Å²) in [5, 5.41) is 12.5. The normalized spacial score (nSPS) is 10.0. The summed E-state index contributed by atoms with van der Waals surface area (Å²) in [5.74, 6) is 0.337. The molecular formula is C10H16N2O. The van der Waals surface area contributed by atoms with Gasteiger partial charge in [0, 0.05) is 12.2 Å². The molecule has 3 heteroatoms. The van der Waals surface area contributed by atoms with Crippen molar-refractivity contribution in [2.24, 2.45) is 5.73 Å². The third kappa shape index (κ3) is 2.95. The summed E-state index contributed by atoms with van der Waals surface area (Å²) >= 11 is 0. The van der Waals surface area contributed by atoms with E-state index in [0.29, 0.717) is 12.3 Å². The van der Waals surface area contributed by atoms with Crippen LogP contribution in [0.2, 0.25) is 0 Å². The highest BCUT2D eigenvalue weighted by molar-refractivity contribution is 5.50. The van der Waals surface area contributed by atoms with Crippen molar-refractivity contribution >= 4 is 5.69 Å². The van der Waals surface area contributed by atoms with Crippen LogP contribution in [0.5, 0.6) is 5.75 Å². The van der Waals surface area contributed by atoms with Crippen molar-refractivity contribution in [3.63, 3.8) is 0 Å². The first kappa shape index (κ1) is 9.86. The molecule has 4 N–H and O–H groups in total. The van der Waals surface area contributed by atoms with E-state index in [1.807, 2.05) is 19.1 Å². The molecule has 1 aromatic rings. The van der Waals surface area contributed by atoms with E-state index in [-0.39, 0.29) is 0 Å². The number of rotatable bonds is 4. The van der Waals surface area contributed by atoms with Crippen molar-refractivity contribution in [2.75, 3.05) is 18.4 Å². The Bertz CT molecular complexity index is 274. The fourth-order valence-electron chi connectivity index (χ4n) is 1.10. The number of aryl methyl sites for hydroxylation is 1. The molecule has 0 aromatic heterocycles. The zero-order valence-electron chi connectivity index (χ0n) is 7.88. The lowest BCUT2D eigenvalue weighted by Gasteiger charge is -2.06. The van der Waals surface area contributed by atoms with E-state index in [2.05, 4.69) is 5.32 Å². The van der Waals surface area contributed by atoms with Gasteiger partial charge in [0.15, 0.2) is 0 Å². The van der Waals surface area contributed by atoms with Gasteiger partial charge in [0.05, 0.1) is 0 Å². The molecule has 0 saturated carbocycles. The minimum absolute atomic E-state index is 0.337. The van der Waals surface area contributed by atoms with E-state index in [4.69, 9.17) is 5.73 Å². The summed E-state index contributed by atoms with van der Waals surface area (Å²) in [6.07, 6.45) is 0.958. The lowest BCUT2D eigenvalue weighted by molar-refractivity contribution is 0.471. The van der Waals surface area contributed by atoms with Gasteiger partial charge in [0.2, 0.25) is 0 Å². The van der Waals surface area contributed by atoms with Crippen LogP contribution >= 0.6 is 0 Å². The molecule has 0 spiro atoms. The summed E-state index contributed by atoms with van der Waals surface area (Å²) < 4.78 is 0. The maximum atomic E-state index is 9.27. The highest BCUT2D eigenvalue weighted by Crippen LogP contribution is 2.19. The molecule has 0 aliphatic carbocycles. The molecule has 0 saturated heterocycles. The number of hydrogen-bond donors (Lipinski definition) is 3. The molecule has 0 radical (unpaired) electrons. The van der Waals surface area contributed by atoms with Gasteiger partial charge in [-0.2, -0.15) is 0 Å². The van der Waals surface area contributed by atoms with Gasteiger partial charge in [0.25, 0.3) is 0 Å². The van der Waals surface area contributed by atoms with Crippen LogP contribution in [0.4, 0.5) is 5.69 Å². The van der Waals surface area contributed by atoms with Gasteiger partial charge in [-0.15, -0.1) is 0 Å². The molecule has 1 rings (SSSR count). The third-order valence-corrected chi connectivity index (χ3v) is 1.91. The molecule has 0 aliphatic rings. The Morgan fingerprint density at radius 3 is 2.85 bits per heavy atom. The zero-order valence-corrected chi connectivity index (χ0v) is 7.88. The fraction of sp³-hybridized carbons (Fsp3) is 0.400. The smallest absolute Gasteiger partial charge is 0.118 e. The number of phenols is 1. The first-order valence-electron chi connectivity index (χ1n) is 4.47. The summed E-state index contributed by atoms with van der Waals surface area (Å²) in [6, 6.07) is 5.48. The Hall–Kier alpha value is -1.22. The monoisotopic (exact) mass is 180 g/mol. The second-order valence-electron chi connectivity index (χ2n) is 3.07. The SMILES string of the molecule is Cc1cc(NCCCN)ccc1O. The van der Waals surface area contributed by atoms with Crippen molar-refractivity contribution in [2.45, 2.75) is 13.3 Å². The van der Waals surface area contributed by atoms with E-state index in [9.17, 15) is 5.11 Å². The van der Waals surface area contributed by atoms with Crippen molar-refractivity contribution in [1.82, 2.24) is 0 Å². The van der Waals surface area contributed by atoms with Gasteiger partial charge in [-0.25, -0.2) is 0 Å². The maximum Gasteiger partial charge on any atom is 0.118 e. The molecule has 0 atom stereocenters. The van der Waals surface area contributed by atoms with Crippen molar-refractivity contribution in [3.05, 3.63) is 23.8 Å². The van der Waals surface area contributed by atoms with Crippen LogP contribution in [-0.4, -0.2) is 18.2 Å². The number of nitrogens with two attached hydrogens (primary N) is 1. The van der Waals surface area contributed by atoms with Gasteiger partial charge >= 0.3 is 0 Å². The predicted molar refractivity (Wildman–Crippen MR) is 55.0 cm³/mol. The number of benzene rings is 1. The highest BCUT2D eigenvalue weighted by atomic mass is 16.3. The molecule has 0 bridgehead atoms. The molecule has 3 nitrogen and oxygen atoms in total. The van der Waals surface area contributed by atoms with E-state index < -0.39 is 0 Å². The molecule has 0 fully saturated rings. The maximum absolute atomic E-state index is 9.27.